The molecule has 1 aromatic rings. The van der Waals surface area contributed by atoms with E-state index in [1.165, 1.54) is 0 Å². The van der Waals surface area contributed by atoms with Crippen molar-refractivity contribution in [2.24, 2.45) is 0 Å². The lowest BCUT2D eigenvalue weighted by Crippen LogP contribution is -2.20. The van der Waals surface area contributed by atoms with E-state index >= 15 is 0 Å². The minimum Gasteiger partial charge on any atom is -0.323 e. The Labute approximate surface area is 114 Å². The van der Waals surface area contributed by atoms with Crippen LogP contribution in [0, 0.1) is 6.92 Å². The van der Waals surface area contributed by atoms with Gasteiger partial charge in [-0.3, -0.25) is 4.79 Å². The van der Waals surface area contributed by atoms with Gasteiger partial charge in [0.15, 0.2) is 0 Å². The summed E-state index contributed by atoms with van der Waals surface area (Å²) in [5, 5.41) is 2.83. The van der Waals surface area contributed by atoms with E-state index < -0.39 is 0 Å². The molecule has 1 aromatic carbocycles. The zero-order valence-electron chi connectivity index (χ0n) is 8.27. The van der Waals surface area contributed by atoms with E-state index in [9.17, 15) is 4.79 Å². The van der Waals surface area contributed by atoms with Crippen LogP contribution in [0.25, 0.3) is 0 Å². The van der Waals surface area contributed by atoms with Crippen molar-refractivity contribution >= 4 is 59.4 Å². The molecule has 0 aliphatic rings. The first-order valence-electron chi connectivity index (χ1n) is 4.32. The first-order chi connectivity index (χ1) is 6.91. The van der Waals surface area contributed by atoms with Crippen LogP contribution in [0.5, 0.6) is 0 Å². The smallest absolute Gasteiger partial charge is 0.237 e. The second-order valence-electron chi connectivity index (χ2n) is 3.21. The molecule has 1 amide bonds. The van der Waals surface area contributed by atoms with Crippen molar-refractivity contribution in [3.63, 3.8) is 0 Å². The fourth-order valence-electron chi connectivity index (χ4n) is 1.04. The minimum atomic E-state index is -0.211. The Kier molecular flexibility index (Phi) is 4.80. The molecule has 0 saturated carbocycles. The van der Waals surface area contributed by atoms with Crippen molar-refractivity contribution in [1.29, 1.82) is 0 Å². The molecular formula is C10H10Br3NO. The molecule has 0 heterocycles. The number of hydrogen-bond acceptors (Lipinski definition) is 1. The normalized spacial score (nSPS) is 12.3. The predicted octanol–water partition coefficient (Wildman–Crippen LogP) is 4.24. The van der Waals surface area contributed by atoms with Crippen LogP contribution in [0.3, 0.4) is 0 Å². The molecule has 2 nitrogen and oxygen atoms in total. The highest BCUT2D eigenvalue weighted by atomic mass is 79.9. The van der Waals surface area contributed by atoms with Crippen LogP contribution in [-0.2, 0) is 4.79 Å². The fraction of sp³-hybridized carbons (Fsp3) is 0.300. The number of alkyl halides is 1. The SMILES string of the molecule is Cc1cc(Br)c(NC(=O)C(C)Br)c(Br)c1. The van der Waals surface area contributed by atoms with Gasteiger partial charge in [-0.05, 0) is 63.4 Å². The third-order valence-corrected chi connectivity index (χ3v) is 3.46. The van der Waals surface area contributed by atoms with E-state index in [4.69, 9.17) is 0 Å². The average Bonchev–Trinajstić information content (AvgIpc) is 2.10. The van der Waals surface area contributed by atoms with Crippen LogP contribution in [-0.4, -0.2) is 10.7 Å². The number of carbonyl (C=O) groups is 1. The lowest BCUT2D eigenvalue weighted by atomic mass is 10.2. The lowest BCUT2D eigenvalue weighted by molar-refractivity contribution is -0.115. The molecule has 0 aliphatic carbocycles. The number of rotatable bonds is 2. The first kappa shape index (κ1) is 13.2. The fourth-order valence-corrected chi connectivity index (χ4v) is 2.77. The van der Waals surface area contributed by atoms with Crippen LogP contribution < -0.4 is 5.32 Å². The summed E-state index contributed by atoms with van der Waals surface area (Å²) in [7, 11) is 0. The third-order valence-electron chi connectivity index (χ3n) is 1.80. The van der Waals surface area contributed by atoms with Gasteiger partial charge in [0.25, 0.3) is 0 Å². The molecule has 0 aliphatic heterocycles. The average molecular weight is 400 g/mol. The number of halogens is 3. The number of carbonyl (C=O) groups excluding carboxylic acids is 1. The van der Waals surface area contributed by atoms with E-state index in [2.05, 4.69) is 53.1 Å². The maximum absolute atomic E-state index is 11.5. The van der Waals surface area contributed by atoms with Gasteiger partial charge in [-0.1, -0.05) is 15.9 Å². The zero-order chi connectivity index (χ0) is 11.6. The second-order valence-corrected chi connectivity index (χ2v) is 6.29. The predicted molar refractivity (Wildman–Crippen MR) is 73.6 cm³/mol. The first-order valence-corrected chi connectivity index (χ1v) is 6.82. The van der Waals surface area contributed by atoms with Crippen molar-refractivity contribution < 1.29 is 4.79 Å². The Balaban J connectivity index is 3.00. The topological polar surface area (TPSA) is 29.1 Å². The summed E-state index contributed by atoms with van der Waals surface area (Å²) in [5.41, 5.74) is 1.88. The summed E-state index contributed by atoms with van der Waals surface area (Å²) in [5.74, 6) is -0.0692. The summed E-state index contributed by atoms with van der Waals surface area (Å²) < 4.78 is 1.74. The number of hydrogen-bond donors (Lipinski definition) is 1. The van der Waals surface area contributed by atoms with E-state index in [0.29, 0.717) is 0 Å². The summed E-state index contributed by atoms with van der Waals surface area (Å²) in [4.78, 5) is 11.3. The van der Waals surface area contributed by atoms with Gasteiger partial charge >= 0.3 is 0 Å². The van der Waals surface area contributed by atoms with Crippen molar-refractivity contribution in [2.45, 2.75) is 18.7 Å². The molecule has 1 N–H and O–H groups in total. The molecule has 0 spiro atoms. The molecule has 5 heteroatoms. The molecular weight excluding hydrogens is 390 g/mol. The summed E-state index contributed by atoms with van der Waals surface area (Å²) >= 11 is 10.0. The number of anilines is 1. The van der Waals surface area contributed by atoms with Gasteiger partial charge in [-0.2, -0.15) is 0 Å². The van der Waals surface area contributed by atoms with Gasteiger partial charge in [-0.15, -0.1) is 0 Å². The lowest BCUT2D eigenvalue weighted by Gasteiger charge is -2.11. The van der Waals surface area contributed by atoms with E-state index in [-0.39, 0.29) is 10.7 Å². The maximum atomic E-state index is 11.5. The van der Waals surface area contributed by atoms with Crippen LogP contribution in [0.2, 0.25) is 0 Å². The highest BCUT2D eigenvalue weighted by molar-refractivity contribution is 9.11. The number of amides is 1. The molecule has 1 atom stereocenters. The van der Waals surface area contributed by atoms with Crippen molar-refractivity contribution in [3.05, 3.63) is 26.6 Å². The van der Waals surface area contributed by atoms with Crippen LogP contribution in [0.1, 0.15) is 12.5 Å². The molecule has 0 saturated heterocycles. The number of aryl methyl sites for hydroxylation is 1. The Morgan fingerprint density at radius 2 is 1.80 bits per heavy atom. The van der Waals surface area contributed by atoms with Crippen molar-refractivity contribution in [3.8, 4) is 0 Å². The quantitative estimate of drug-likeness (QED) is 0.740. The third kappa shape index (κ3) is 3.57. The molecule has 0 bridgehead atoms. The van der Waals surface area contributed by atoms with E-state index in [1.807, 2.05) is 19.1 Å². The maximum Gasteiger partial charge on any atom is 0.237 e. The summed E-state index contributed by atoms with van der Waals surface area (Å²) in [6, 6.07) is 3.92. The van der Waals surface area contributed by atoms with Crippen molar-refractivity contribution in [1.82, 2.24) is 0 Å². The Morgan fingerprint density at radius 1 is 1.33 bits per heavy atom. The summed E-state index contributed by atoms with van der Waals surface area (Å²) in [6.07, 6.45) is 0. The van der Waals surface area contributed by atoms with Crippen LogP contribution >= 0.6 is 47.8 Å². The number of nitrogens with one attached hydrogen (secondary N) is 1. The highest BCUT2D eigenvalue weighted by Gasteiger charge is 2.13. The van der Waals surface area contributed by atoms with Gasteiger partial charge in [0.05, 0.1) is 10.5 Å². The van der Waals surface area contributed by atoms with Gasteiger partial charge in [0.1, 0.15) is 0 Å². The van der Waals surface area contributed by atoms with Gasteiger partial charge in [0, 0.05) is 8.95 Å². The zero-order valence-corrected chi connectivity index (χ0v) is 13.0. The van der Waals surface area contributed by atoms with Gasteiger partial charge in [0.2, 0.25) is 5.91 Å². The number of benzene rings is 1. The molecule has 82 valence electrons. The minimum absolute atomic E-state index is 0.0692. The Bertz CT molecular complexity index is 367. The van der Waals surface area contributed by atoms with Crippen LogP contribution in [0.4, 0.5) is 5.69 Å². The summed E-state index contributed by atoms with van der Waals surface area (Å²) in [6.45, 7) is 3.78. The Morgan fingerprint density at radius 3 is 2.20 bits per heavy atom. The standard InChI is InChI=1S/C10H10Br3NO/c1-5-3-7(12)9(8(13)4-5)14-10(15)6(2)11/h3-4,6H,1-2H3,(H,14,15). The van der Waals surface area contributed by atoms with Gasteiger partial charge < -0.3 is 5.32 Å². The van der Waals surface area contributed by atoms with Crippen molar-refractivity contribution in [2.75, 3.05) is 5.32 Å². The molecule has 0 radical (unpaired) electrons. The van der Waals surface area contributed by atoms with Crippen LogP contribution in [0.15, 0.2) is 21.1 Å². The molecule has 1 rings (SSSR count). The van der Waals surface area contributed by atoms with Gasteiger partial charge in [-0.25, -0.2) is 0 Å². The molecule has 0 fully saturated rings. The molecule has 15 heavy (non-hydrogen) atoms. The van der Waals surface area contributed by atoms with E-state index in [0.717, 1.165) is 20.2 Å². The monoisotopic (exact) mass is 397 g/mol. The van der Waals surface area contributed by atoms with E-state index in [1.54, 1.807) is 6.92 Å². The molecule has 0 aromatic heterocycles. The highest BCUT2D eigenvalue weighted by Crippen LogP contribution is 2.32. The second kappa shape index (κ2) is 5.46. The largest absolute Gasteiger partial charge is 0.323 e. The Hall–Kier alpha value is 0.130. The molecule has 1 unspecified atom stereocenters.